The first-order valence-corrected chi connectivity index (χ1v) is 5.43. The smallest absolute Gasteiger partial charge is 0.0169 e. The highest BCUT2D eigenvalue weighted by atomic mass is 15.1. The van der Waals surface area contributed by atoms with Crippen molar-refractivity contribution in [1.29, 1.82) is 0 Å². The predicted octanol–water partition coefficient (Wildman–Crippen LogP) is 3.67. The summed E-state index contributed by atoms with van der Waals surface area (Å²) in [6.45, 7) is 10.2. The highest BCUT2D eigenvalue weighted by Crippen LogP contribution is 2.05. The number of nitrogens with zero attached hydrogens (tertiary/aromatic N) is 1. The molecule has 0 fully saturated rings. The second-order valence-corrected chi connectivity index (χ2v) is 4.35. The SMILES string of the molecule is CC/C(C)=C/N(C)CCCC(C)C. The molecule has 0 aliphatic carbocycles. The van der Waals surface area contributed by atoms with Gasteiger partial charge in [-0.25, -0.2) is 0 Å². The van der Waals surface area contributed by atoms with Crippen molar-refractivity contribution in [2.45, 2.75) is 47.0 Å². The molecule has 0 unspecified atom stereocenters. The van der Waals surface area contributed by atoms with Crippen LogP contribution in [0.2, 0.25) is 0 Å². The van der Waals surface area contributed by atoms with Crippen molar-refractivity contribution in [3.05, 3.63) is 11.8 Å². The lowest BCUT2D eigenvalue weighted by molar-refractivity contribution is 0.410. The lowest BCUT2D eigenvalue weighted by Crippen LogP contribution is -2.13. The van der Waals surface area contributed by atoms with Crippen LogP contribution in [0.1, 0.15) is 47.0 Å². The van der Waals surface area contributed by atoms with E-state index in [2.05, 4.69) is 45.8 Å². The minimum Gasteiger partial charge on any atom is -0.380 e. The topological polar surface area (TPSA) is 3.24 Å². The van der Waals surface area contributed by atoms with E-state index in [9.17, 15) is 0 Å². The van der Waals surface area contributed by atoms with E-state index < -0.39 is 0 Å². The van der Waals surface area contributed by atoms with Gasteiger partial charge in [0.25, 0.3) is 0 Å². The van der Waals surface area contributed by atoms with Gasteiger partial charge in [-0.2, -0.15) is 0 Å². The molecule has 0 saturated heterocycles. The van der Waals surface area contributed by atoms with Gasteiger partial charge >= 0.3 is 0 Å². The fourth-order valence-corrected chi connectivity index (χ4v) is 1.28. The summed E-state index contributed by atoms with van der Waals surface area (Å²) in [6.07, 6.45) is 6.07. The van der Waals surface area contributed by atoms with Crippen LogP contribution < -0.4 is 0 Å². The third kappa shape index (κ3) is 7.89. The fourth-order valence-electron chi connectivity index (χ4n) is 1.28. The average Bonchev–Trinajstić information content (AvgIpc) is 2.03. The van der Waals surface area contributed by atoms with E-state index in [1.165, 1.54) is 25.0 Å². The van der Waals surface area contributed by atoms with Crippen molar-refractivity contribution in [3.63, 3.8) is 0 Å². The van der Waals surface area contributed by atoms with E-state index in [0.29, 0.717) is 0 Å². The lowest BCUT2D eigenvalue weighted by atomic mass is 10.1. The van der Waals surface area contributed by atoms with E-state index in [4.69, 9.17) is 0 Å². The van der Waals surface area contributed by atoms with Crippen LogP contribution >= 0.6 is 0 Å². The Hall–Kier alpha value is -0.460. The Morgan fingerprint density at radius 2 is 2.00 bits per heavy atom. The highest BCUT2D eigenvalue weighted by Gasteiger charge is 1.96. The second-order valence-electron chi connectivity index (χ2n) is 4.35. The molecule has 78 valence electrons. The molecule has 0 aromatic carbocycles. The van der Waals surface area contributed by atoms with Crippen molar-refractivity contribution >= 4 is 0 Å². The summed E-state index contributed by atoms with van der Waals surface area (Å²) in [6, 6.07) is 0. The van der Waals surface area contributed by atoms with Crippen LogP contribution in [-0.2, 0) is 0 Å². The molecule has 13 heavy (non-hydrogen) atoms. The molecule has 1 nitrogen and oxygen atoms in total. The summed E-state index contributed by atoms with van der Waals surface area (Å²) in [7, 11) is 2.17. The molecule has 0 aromatic rings. The molecule has 0 saturated carbocycles. The van der Waals surface area contributed by atoms with Crippen molar-refractivity contribution in [2.75, 3.05) is 13.6 Å². The molecule has 0 aromatic heterocycles. The molecular weight excluding hydrogens is 158 g/mol. The summed E-state index contributed by atoms with van der Waals surface area (Å²) in [5, 5.41) is 0. The van der Waals surface area contributed by atoms with Gasteiger partial charge in [0, 0.05) is 13.6 Å². The van der Waals surface area contributed by atoms with E-state index in [0.717, 1.165) is 12.3 Å². The van der Waals surface area contributed by atoms with Gasteiger partial charge in [0.15, 0.2) is 0 Å². The molecule has 0 amide bonds. The third-order valence-electron chi connectivity index (χ3n) is 2.29. The number of allylic oxidation sites excluding steroid dienone is 1. The Balaban J connectivity index is 3.57. The summed E-state index contributed by atoms with van der Waals surface area (Å²) in [5.41, 5.74) is 1.46. The van der Waals surface area contributed by atoms with E-state index >= 15 is 0 Å². The van der Waals surface area contributed by atoms with Crippen LogP contribution in [-0.4, -0.2) is 18.5 Å². The summed E-state index contributed by atoms with van der Waals surface area (Å²) < 4.78 is 0. The van der Waals surface area contributed by atoms with Gasteiger partial charge in [-0.1, -0.05) is 26.3 Å². The van der Waals surface area contributed by atoms with Gasteiger partial charge in [-0.05, 0) is 38.3 Å². The van der Waals surface area contributed by atoms with Crippen LogP contribution in [0.15, 0.2) is 11.8 Å². The fraction of sp³-hybridized carbons (Fsp3) is 0.833. The largest absolute Gasteiger partial charge is 0.380 e. The number of hydrogen-bond donors (Lipinski definition) is 0. The normalized spacial score (nSPS) is 12.3. The minimum absolute atomic E-state index is 0.838. The van der Waals surface area contributed by atoms with Crippen LogP contribution in [0.3, 0.4) is 0 Å². The first-order valence-electron chi connectivity index (χ1n) is 5.43. The molecule has 0 atom stereocenters. The Bertz CT molecular complexity index is 147. The van der Waals surface area contributed by atoms with Crippen LogP contribution in [0.5, 0.6) is 0 Å². The van der Waals surface area contributed by atoms with Gasteiger partial charge in [0.2, 0.25) is 0 Å². The van der Waals surface area contributed by atoms with Crippen molar-refractivity contribution in [3.8, 4) is 0 Å². The van der Waals surface area contributed by atoms with Gasteiger partial charge in [0.1, 0.15) is 0 Å². The monoisotopic (exact) mass is 183 g/mol. The maximum absolute atomic E-state index is 2.31. The Kier molecular flexibility index (Phi) is 6.75. The van der Waals surface area contributed by atoms with E-state index in [1.54, 1.807) is 0 Å². The van der Waals surface area contributed by atoms with E-state index in [1.807, 2.05) is 0 Å². The quantitative estimate of drug-likeness (QED) is 0.607. The van der Waals surface area contributed by atoms with Crippen LogP contribution in [0, 0.1) is 5.92 Å². The molecule has 0 aliphatic heterocycles. The Labute approximate surface area is 83.8 Å². The maximum Gasteiger partial charge on any atom is 0.0169 e. The van der Waals surface area contributed by atoms with E-state index in [-0.39, 0.29) is 0 Å². The number of rotatable bonds is 6. The average molecular weight is 183 g/mol. The van der Waals surface area contributed by atoms with Gasteiger partial charge in [-0.3, -0.25) is 0 Å². The predicted molar refractivity (Wildman–Crippen MR) is 60.8 cm³/mol. The molecule has 0 rings (SSSR count). The number of hydrogen-bond acceptors (Lipinski definition) is 1. The summed E-state index contributed by atoms with van der Waals surface area (Å²) in [4.78, 5) is 2.31. The van der Waals surface area contributed by atoms with Crippen molar-refractivity contribution in [2.24, 2.45) is 5.92 Å². The highest BCUT2D eigenvalue weighted by molar-refractivity contribution is 4.95. The standard InChI is InChI=1S/C12H25N/c1-6-12(4)10-13(5)9-7-8-11(2)3/h10-11H,6-9H2,1-5H3/b12-10+. The van der Waals surface area contributed by atoms with Gasteiger partial charge in [0.05, 0.1) is 0 Å². The third-order valence-corrected chi connectivity index (χ3v) is 2.29. The van der Waals surface area contributed by atoms with Crippen LogP contribution in [0.4, 0.5) is 0 Å². The van der Waals surface area contributed by atoms with Crippen molar-refractivity contribution in [1.82, 2.24) is 4.90 Å². The molecule has 0 aliphatic rings. The minimum atomic E-state index is 0.838. The Morgan fingerprint density at radius 1 is 1.38 bits per heavy atom. The maximum atomic E-state index is 2.31. The van der Waals surface area contributed by atoms with Crippen LogP contribution in [0.25, 0.3) is 0 Å². The summed E-state index contributed by atoms with van der Waals surface area (Å²) in [5.74, 6) is 0.838. The second kappa shape index (κ2) is 6.99. The first-order chi connectivity index (χ1) is 6.06. The molecule has 0 N–H and O–H groups in total. The molecule has 0 spiro atoms. The van der Waals surface area contributed by atoms with Crippen molar-refractivity contribution < 1.29 is 0 Å². The zero-order chi connectivity index (χ0) is 10.3. The zero-order valence-electron chi connectivity index (χ0n) is 9.93. The Morgan fingerprint density at radius 3 is 2.46 bits per heavy atom. The van der Waals surface area contributed by atoms with Gasteiger partial charge < -0.3 is 4.90 Å². The zero-order valence-corrected chi connectivity index (χ0v) is 9.93. The summed E-state index contributed by atoms with van der Waals surface area (Å²) >= 11 is 0. The van der Waals surface area contributed by atoms with Gasteiger partial charge in [-0.15, -0.1) is 0 Å². The molecule has 1 heteroatoms. The lowest BCUT2D eigenvalue weighted by Gasteiger charge is -2.15. The first kappa shape index (κ1) is 12.5. The molecule has 0 bridgehead atoms. The molecular formula is C12H25N. The molecule has 0 heterocycles. The molecule has 0 radical (unpaired) electrons.